The number of carbonyl (C=O) groups is 2. The van der Waals surface area contributed by atoms with Crippen LogP contribution in [0.5, 0.6) is 11.5 Å². The highest BCUT2D eigenvalue weighted by Crippen LogP contribution is 2.30. The molecule has 182 valence electrons. The van der Waals surface area contributed by atoms with Crippen molar-refractivity contribution >= 4 is 11.8 Å². The van der Waals surface area contributed by atoms with E-state index in [4.69, 9.17) is 15.2 Å². The third-order valence-corrected chi connectivity index (χ3v) is 5.61. The number of benzene rings is 4. The van der Waals surface area contributed by atoms with E-state index in [0.29, 0.717) is 30.3 Å². The van der Waals surface area contributed by atoms with Crippen LogP contribution in [0.25, 0.3) is 0 Å². The van der Waals surface area contributed by atoms with Gasteiger partial charge in [0.25, 0.3) is 5.91 Å². The summed E-state index contributed by atoms with van der Waals surface area (Å²) >= 11 is 0. The number of nitrogens with two attached hydrogens (primary N) is 1. The van der Waals surface area contributed by atoms with E-state index >= 15 is 0 Å². The molecule has 0 aliphatic heterocycles. The highest BCUT2D eigenvalue weighted by atomic mass is 16.5. The number of primary amides is 1. The lowest BCUT2D eigenvalue weighted by Gasteiger charge is -2.18. The molecule has 1 atom stereocenters. The molecule has 0 spiro atoms. The summed E-state index contributed by atoms with van der Waals surface area (Å²) in [6.45, 7) is 0.745. The molecular weight excluding hydrogens is 452 g/mol. The van der Waals surface area contributed by atoms with Gasteiger partial charge in [-0.05, 0) is 41.0 Å². The van der Waals surface area contributed by atoms with Gasteiger partial charge in [-0.3, -0.25) is 9.59 Å². The van der Waals surface area contributed by atoms with Gasteiger partial charge in [-0.1, -0.05) is 84.9 Å². The van der Waals surface area contributed by atoms with Gasteiger partial charge in [-0.15, -0.1) is 0 Å². The van der Waals surface area contributed by atoms with Gasteiger partial charge in [0.15, 0.2) is 11.5 Å². The smallest absolute Gasteiger partial charge is 0.251 e. The molecule has 0 aromatic heterocycles. The summed E-state index contributed by atoms with van der Waals surface area (Å²) < 4.78 is 12.2. The molecule has 0 saturated heterocycles. The van der Waals surface area contributed by atoms with Crippen LogP contribution in [0.1, 0.15) is 27.0 Å². The van der Waals surface area contributed by atoms with Crippen LogP contribution in [-0.2, 0) is 24.4 Å². The molecule has 36 heavy (non-hydrogen) atoms. The molecule has 0 heterocycles. The van der Waals surface area contributed by atoms with Gasteiger partial charge in [-0.2, -0.15) is 0 Å². The third kappa shape index (κ3) is 6.96. The summed E-state index contributed by atoms with van der Waals surface area (Å²) in [6, 6.07) is 33.0. The van der Waals surface area contributed by atoms with Gasteiger partial charge < -0.3 is 20.5 Å². The Balaban J connectivity index is 1.51. The minimum Gasteiger partial charge on any atom is -0.485 e. The first-order valence-corrected chi connectivity index (χ1v) is 11.7. The van der Waals surface area contributed by atoms with E-state index in [1.165, 1.54) is 0 Å². The Hall–Kier alpha value is -4.58. The predicted octanol–water partition coefficient (Wildman–Crippen LogP) is 4.67. The second-order valence-corrected chi connectivity index (χ2v) is 8.33. The molecule has 3 N–H and O–H groups in total. The monoisotopic (exact) mass is 480 g/mol. The van der Waals surface area contributed by atoms with Crippen LogP contribution < -0.4 is 20.5 Å². The Bertz CT molecular complexity index is 1280. The number of rotatable bonds is 11. The Labute approximate surface area is 210 Å². The molecular formula is C30H28N2O4. The second-order valence-electron chi connectivity index (χ2n) is 8.33. The number of nitrogens with one attached hydrogen (secondary N) is 1. The molecule has 0 radical (unpaired) electrons. The van der Waals surface area contributed by atoms with Crippen LogP contribution in [0.15, 0.2) is 109 Å². The fraction of sp³-hybridized carbons (Fsp3) is 0.133. The van der Waals surface area contributed by atoms with Gasteiger partial charge in [0.2, 0.25) is 5.91 Å². The lowest BCUT2D eigenvalue weighted by Crippen LogP contribution is -2.45. The maximum atomic E-state index is 12.6. The summed E-state index contributed by atoms with van der Waals surface area (Å²) in [4.78, 5) is 24.7. The van der Waals surface area contributed by atoms with Gasteiger partial charge in [0.1, 0.15) is 19.3 Å². The summed E-state index contributed by atoms with van der Waals surface area (Å²) in [6.07, 6.45) is 0.217. The summed E-state index contributed by atoms with van der Waals surface area (Å²) in [5.74, 6) is 0.158. The van der Waals surface area contributed by atoms with Crippen LogP contribution in [0.2, 0.25) is 0 Å². The van der Waals surface area contributed by atoms with E-state index in [1.54, 1.807) is 24.3 Å². The standard InChI is InChI=1S/C30H28N2O4/c31-29(33)26(32-30(34)25-14-8-3-9-15-25)18-24-16-17-27(35-20-22-10-4-1-5-11-22)28(19-24)36-21-23-12-6-2-7-13-23/h1-17,19,26H,18,20-21H2,(H2,31,33)(H,32,34)/t26-/m1/s1. The van der Waals surface area contributed by atoms with Crippen LogP contribution >= 0.6 is 0 Å². The summed E-state index contributed by atoms with van der Waals surface area (Å²) in [5.41, 5.74) is 8.91. The van der Waals surface area contributed by atoms with Crippen molar-refractivity contribution in [3.63, 3.8) is 0 Å². The van der Waals surface area contributed by atoms with E-state index in [-0.39, 0.29) is 12.3 Å². The van der Waals surface area contributed by atoms with Crippen molar-refractivity contribution in [3.8, 4) is 11.5 Å². The highest BCUT2D eigenvalue weighted by Gasteiger charge is 2.20. The van der Waals surface area contributed by atoms with Gasteiger partial charge in [0, 0.05) is 12.0 Å². The molecule has 6 nitrogen and oxygen atoms in total. The van der Waals surface area contributed by atoms with E-state index in [0.717, 1.165) is 16.7 Å². The summed E-state index contributed by atoms with van der Waals surface area (Å²) in [5, 5.41) is 2.73. The first-order chi connectivity index (χ1) is 17.6. The molecule has 0 aliphatic carbocycles. The maximum absolute atomic E-state index is 12.6. The average Bonchev–Trinajstić information content (AvgIpc) is 2.92. The van der Waals surface area contributed by atoms with Crippen molar-refractivity contribution in [3.05, 3.63) is 131 Å². The minimum absolute atomic E-state index is 0.217. The number of ether oxygens (including phenoxy) is 2. The van der Waals surface area contributed by atoms with Crippen LogP contribution in [0.3, 0.4) is 0 Å². The first-order valence-electron chi connectivity index (χ1n) is 11.7. The molecule has 0 bridgehead atoms. The van der Waals surface area contributed by atoms with Gasteiger partial charge >= 0.3 is 0 Å². The minimum atomic E-state index is -0.879. The Kier molecular flexibility index (Phi) is 8.33. The molecule has 0 fully saturated rings. The van der Waals surface area contributed by atoms with E-state index in [1.807, 2.05) is 84.9 Å². The molecule has 2 amide bonds. The molecule has 4 aromatic carbocycles. The molecule has 0 saturated carbocycles. The fourth-order valence-corrected chi connectivity index (χ4v) is 3.67. The van der Waals surface area contributed by atoms with Crippen molar-refractivity contribution in [1.29, 1.82) is 0 Å². The quantitative estimate of drug-likeness (QED) is 0.326. The van der Waals surface area contributed by atoms with E-state index in [2.05, 4.69) is 5.32 Å². The molecule has 4 aromatic rings. The largest absolute Gasteiger partial charge is 0.485 e. The topological polar surface area (TPSA) is 90.7 Å². The lowest BCUT2D eigenvalue weighted by atomic mass is 10.0. The summed E-state index contributed by atoms with van der Waals surface area (Å²) in [7, 11) is 0. The Morgan fingerprint density at radius 3 is 1.75 bits per heavy atom. The molecule has 0 aliphatic rings. The van der Waals surface area contributed by atoms with Crippen molar-refractivity contribution < 1.29 is 19.1 Å². The fourth-order valence-electron chi connectivity index (χ4n) is 3.67. The van der Waals surface area contributed by atoms with E-state index < -0.39 is 11.9 Å². The number of amides is 2. The molecule has 6 heteroatoms. The lowest BCUT2D eigenvalue weighted by molar-refractivity contribution is -0.119. The normalized spacial score (nSPS) is 11.3. The maximum Gasteiger partial charge on any atom is 0.251 e. The van der Waals surface area contributed by atoms with Gasteiger partial charge in [0.05, 0.1) is 0 Å². The number of carbonyl (C=O) groups excluding carboxylic acids is 2. The Morgan fingerprint density at radius 2 is 1.19 bits per heavy atom. The highest BCUT2D eigenvalue weighted by molar-refractivity contribution is 5.97. The van der Waals surface area contributed by atoms with Crippen LogP contribution in [-0.4, -0.2) is 17.9 Å². The van der Waals surface area contributed by atoms with Crippen LogP contribution in [0, 0.1) is 0 Å². The average molecular weight is 481 g/mol. The second kappa shape index (κ2) is 12.2. The predicted molar refractivity (Wildman–Crippen MR) is 139 cm³/mol. The van der Waals surface area contributed by atoms with Crippen molar-refractivity contribution in [2.45, 2.75) is 25.7 Å². The van der Waals surface area contributed by atoms with Crippen molar-refractivity contribution in [2.75, 3.05) is 0 Å². The Morgan fingerprint density at radius 1 is 0.667 bits per heavy atom. The SMILES string of the molecule is NC(=O)[C@@H](Cc1ccc(OCc2ccccc2)c(OCc2ccccc2)c1)NC(=O)c1ccccc1. The number of hydrogen-bond donors (Lipinski definition) is 2. The zero-order valence-corrected chi connectivity index (χ0v) is 19.8. The van der Waals surface area contributed by atoms with E-state index in [9.17, 15) is 9.59 Å². The number of hydrogen-bond acceptors (Lipinski definition) is 4. The molecule has 4 rings (SSSR count). The van der Waals surface area contributed by atoms with Crippen molar-refractivity contribution in [1.82, 2.24) is 5.32 Å². The zero-order valence-electron chi connectivity index (χ0n) is 19.8. The zero-order chi connectivity index (χ0) is 25.2. The molecule has 0 unspecified atom stereocenters. The third-order valence-electron chi connectivity index (χ3n) is 5.61. The first kappa shape index (κ1) is 24.5. The van der Waals surface area contributed by atoms with Crippen LogP contribution in [0.4, 0.5) is 0 Å². The van der Waals surface area contributed by atoms with Crippen molar-refractivity contribution in [2.24, 2.45) is 5.73 Å². The van der Waals surface area contributed by atoms with Gasteiger partial charge in [-0.25, -0.2) is 0 Å².